The van der Waals surface area contributed by atoms with Crippen molar-refractivity contribution in [3.63, 3.8) is 0 Å². The van der Waals surface area contributed by atoms with Crippen LogP contribution >= 0.6 is 27.5 Å². The van der Waals surface area contributed by atoms with Gasteiger partial charge in [0.05, 0.1) is 22.0 Å². The van der Waals surface area contributed by atoms with Crippen molar-refractivity contribution in [3.8, 4) is 5.69 Å². The predicted octanol–water partition coefficient (Wildman–Crippen LogP) is 3.29. The van der Waals surface area contributed by atoms with Gasteiger partial charge in [-0.2, -0.15) is 5.10 Å². The minimum atomic E-state index is -1.00. The molecule has 0 aliphatic rings. The van der Waals surface area contributed by atoms with Crippen molar-refractivity contribution >= 4 is 33.5 Å². The SMILES string of the molecule is Cc1nn(-c2cc(Br)ccc2C(=O)O)cc1Cl. The van der Waals surface area contributed by atoms with E-state index in [2.05, 4.69) is 21.0 Å². The largest absolute Gasteiger partial charge is 0.478 e. The highest BCUT2D eigenvalue weighted by atomic mass is 79.9. The molecular weight excluding hydrogens is 307 g/mol. The van der Waals surface area contributed by atoms with Gasteiger partial charge >= 0.3 is 5.97 Å². The molecule has 88 valence electrons. The molecule has 4 nitrogen and oxygen atoms in total. The Morgan fingerprint density at radius 2 is 2.24 bits per heavy atom. The fourth-order valence-corrected chi connectivity index (χ4v) is 1.92. The van der Waals surface area contributed by atoms with Gasteiger partial charge in [-0.1, -0.05) is 27.5 Å². The van der Waals surface area contributed by atoms with Gasteiger partial charge in [-0.25, -0.2) is 9.48 Å². The zero-order valence-electron chi connectivity index (χ0n) is 8.82. The van der Waals surface area contributed by atoms with Gasteiger partial charge in [0.15, 0.2) is 0 Å². The van der Waals surface area contributed by atoms with Crippen LogP contribution in [0, 0.1) is 6.92 Å². The average Bonchev–Trinajstić information content (AvgIpc) is 2.58. The third kappa shape index (κ3) is 2.35. The van der Waals surface area contributed by atoms with Gasteiger partial charge in [0.2, 0.25) is 0 Å². The molecule has 0 fully saturated rings. The van der Waals surface area contributed by atoms with Crippen molar-refractivity contribution < 1.29 is 9.90 Å². The molecule has 0 aliphatic carbocycles. The van der Waals surface area contributed by atoms with Crippen molar-refractivity contribution in [2.75, 3.05) is 0 Å². The Morgan fingerprint density at radius 3 is 2.76 bits per heavy atom. The normalized spacial score (nSPS) is 10.5. The van der Waals surface area contributed by atoms with Gasteiger partial charge in [-0.15, -0.1) is 0 Å². The summed E-state index contributed by atoms with van der Waals surface area (Å²) in [6.07, 6.45) is 1.59. The van der Waals surface area contributed by atoms with Crippen molar-refractivity contribution in [3.05, 3.63) is 45.1 Å². The van der Waals surface area contributed by atoms with Crippen LogP contribution in [0.5, 0.6) is 0 Å². The number of carbonyl (C=O) groups is 1. The number of benzene rings is 1. The second-order valence-corrected chi connectivity index (χ2v) is 4.80. The molecule has 0 bridgehead atoms. The standard InChI is InChI=1S/C11H8BrClN2O2/c1-6-9(13)5-15(14-6)10-4-7(12)2-3-8(10)11(16)17/h2-5H,1H3,(H,16,17). The first-order chi connectivity index (χ1) is 7.99. The molecule has 0 saturated carbocycles. The van der Waals surface area contributed by atoms with Crippen molar-refractivity contribution in [1.29, 1.82) is 0 Å². The topological polar surface area (TPSA) is 55.1 Å². The summed E-state index contributed by atoms with van der Waals surface area (Å²) in [5, 5.41) is 13.8. The lowest BCUT2D eigenvalue weighted by Gasteiger charge is -2.06. The Balaban J connectivity index is 2.64. The Hall–Kier alpha value is -1.33. The maximum absolute atomic E-state index is 11.1. The van der Waals surface area contributed by atoms with E-state index in [1.807, 2.05) is 0 Å². The minimum Gasteiger partial charge on any atom is -0.478 e. The van der Waals surface area contributed by atoms with Crippen LogP contribution in [0.15, 0.2) is 28.9 Å². The summed E-state index contributed by atoms with van der Waals surface area (Å²) in [5.41, 5.74) is 1.30. The molecule has 0 spiro atoms. The highest BCUT2D eigenvalue weighted by Gasteiger charge is 2.14. The van der Waals surface area contributed by atoms with Crippen molar-refractivity contribution in [2.45, 2.75) is 6.92 Å². The number of aromatic carboxylic acids is 1. The van der Waals surface area contributed by atoms with E-state index < -0.39 is 5.97 Å². The van der Waals surface area contributed by atoms with Crippen LogP contribution < -0.4 is 0 Å². The second-order valence-electron chi connectivity index (χ2n) is 3.47. The number of aromatic nitrogens is 2. The van der Waals surface area contributed by atoms with Crippen LogP contribution in [0.25, 0.3) is 5.69 Å². The molecule has 2 aromatic rings. The molecule has 1 aromatic carbocycles. The number of nitrogens with zero attached hydrogens (tertiary/aromatic N) is 2. The lowest BCUT2D eigenvalue weighted by Crippen LogP contribution is -2.06. The Morgan fingerprint density at radius 1 is 1.53 bits per heavy atom. The second kappa shape index (κ2) is 4.50. The number of halogens is 2. The van der Waals surface area contributed by atoms with E-state index in [4.69, 9.17) is 16.7 Å². The van der Waals surface area contributed by atoms with E-state index in [-0.39, 0.29) is 5.56 Å². The predicted molar refractivity (Wildman–Crippen MR) is 68.0 cm³/mol. The van der Waals surface area contributed by atoms with Crippen LogP contribution in [-0.4, -0.2) is 20.9 Å². The summed E-state index contributed by atoms with van der Waals surface area (Å²) >= 11 is 9.21. The molecule has 6 heteroatoms. The van der Waals surface area contributed by atoms with Gasteiger partial charge in [0.1, 0.15) is 0 Å². The molecule has 0 amide bonds. The Kier molecular flexibility index (Phi) is 3.22. The fraction of sp³-hybridized carbons (Fsp3) is 0.0909. The third-order valence-electron chi connectivity index (χ3n) is 2.28. The van der Waals surface area contributed by atoms with E-state index in [1.165, 1.54) is 10.7 Å². The summed E-state index contributed by atoms with van der Waals surface area (Å²) < 4.78 is 2.24. The molecule has 0 aliphatic heterocycles. The number of carboxylic acids is 1. The van der Waals surface area contributed by atoms with Gasteiger partial charge in [0.25, 0.3) is 0 Å². The molecule has 0 atom stereocenters. The first-order valence-electron chi connectivity index (χ1n) is 4.74. The maximum atomic E-state index is 11.1. The molecular formula is C11H8BrClN2O2. The van der Waals surface area contributed by atoms with Crippen LogP contribution in [0.4, 0.5) is 0 Å². The fourth-order valence-electron chi connectivity index (χ4n) is 1.44. The van der Waals surface area contributed by atoms with Gasteiger partial charge in [-0.05, 0) is 25.1 Å². The molecule has 0 saturated heterocycles. The Bertz CT molecular complexity index is 576. The number of carboxylic acid groups (broad SMARTS) is 1. The number of aryl methyl sites for hydroxylation is 1. The Labute approximate surface area is 111 Å². The first kappa shape index (κ1) is 12.1. The van der Waals surface area contributed by atoms with Crippen molar-refractivity contribution in [2.24, 2.45) is 0 Å². The molecule has 1 aromatic heterocycles. The molecule has 2 rings (SSSR count). The summed E-state index contributed by atoms with van der Waals surface area (Å²) in [4.78, 5) is 11.1. The number of hydrogen-bond donors (Lipinski definition) is 1. The molecule has 17 heavy (non-hydrogen) atoms. The van der Waals surface area contributed by atoms with E-state index in [9.17, 15) is 4.79 Å². The number of hydrogen-bond acceptors (Lipinski definition) is 2. The van der Waals surface area contributed by atoms with Crippen LogP contribution in [-0.2, 0) is 0 Å². The van der Waals surface area contributed by atoms with E-state index in [0.29, 0.717) is 16.4 Å². The smallest absolute Gasteiger partial charge is 0.337 e. The minimum absolute atomic E-state index is 0.173. The van der Waals surface area contributed by atoms with Gasteiger partial charge in [0, 0.05) is 10.7 Å². The summed E-state index contributed by atoms with van der Waals surface area (Å²) in [6, 6.07) is 4.88. The van der Waals surface area contributed by atoms with Crippen LogP contribution in [0.3, 0.4) is 0 Å². The highest BCUT2D eigenvalue weighted by molar-refractivity contribution is 9.10. The zero-order valence-corrected chi connectivity index (χ0v) is 11.2. The molecule has 1 N–H and O–H groups in total. The summed E-state index contributed by atoms with van der Waals surface area (Å²) in [5.74, 6) is -1.00. The zero-order chi connectivity index (χ0) is 12.6. The first-order valence-corrected chi connectivity index (χ1v) is 5.91. The van der Waals surface area contributed by atoms with Gasteiger partial charge in [-0.3, -0.25) is 0 Å². The van der Waals surface area contributed by atoms with E-state index in [0.717, 1.165) is 4.47 Å². The van der Waals surface area contributed by atoms with Crippen LogP contribution in [0.1, 0.15) is 16.1 Å². The maximum Gasteiger partial charge on any atom is 0.337 e. The molecule has 0 radical (unpaired) electrons. The van der Waals surface area contributed by atoms with Gasteiger partial charge < -0.3 is 5.11 Å². The lowest BCUT2D eigenvalue weighted by molar-refractivity contribution is 0.0696. The highest BCUT2D eigenvalue weighted by Crippen LogP contribution is 2.22. The van der Waals surface area contributed by atoms with Crippen LogP contribution in [0.2, 0.25) is 5.02 Å². The third-order valence-corrected chi connectivity index (χ3v) is 3.14. The van der Waals surface area contributed by atoms with E-state index >= 15 is 0 Å². The summed E-state index contributed by atoms with van der Waals surface area (Å²) in [7, 11) is 0. The lowest BCUT2D eigenvalue weighted by atomic mass is 10.2. The molecule has 0 unspecified atom stereocenters. The van der Waals surface area contributed by atoms with E-state index in [1.54, 1.807) is 25.3 Å². The molecule has 1 heterocycles. The van der Waals surface area contributed by atoms with Crippen molar-refractivity contribution in [1.82, 2.24) is 9.78 Å². The monoisotopic (exact) mass is 314 g/mol. The quantitative estimate of drug-likeness (QED) is 0.925. The summed E-state index contributed by atoms with van der Waals surface area (Å²) in [6.45, 7) is 1.76. The average molecular weight is 316 g/mol. The number of rotatable bonds is 2.